The van der Waals surface area contributed by atoms with Crippen LogP contribution >= 0.6 is 11.6 Å². The van der Waals surface area contributed by atoms with Crippen LogP contribution in [0.15, 0.2) is 30.7 Å². The lowest BCUT2D eigenvalue weighted by molar-refractivity contribution is 0.0696. The lowest BCUT2D eigenvalue weighted by atomic mass is 10.2. The molecular formula is C13H9ClN4O3. The molecular weight excluding hydrogens is 296 g/mol. The van der Waals surface area contributed by atoms with Crippen molar-refractivity contribution in [1.29, 1.82) is 0 Å². The number of rotatable bonds is 3. The van der Waals surface area contributed by atoms with Crippen molar-refractivity contribution in [2.24, 2.45) is 0 Å². The molecule has 0 saturated heterocycles. The Morgan fingerprint density at radius 3 is 2.95 bits per heavy atom. The summed E-state index contributed by atoms with van der Waals surface area (Å²) >= 11 is 6.05. The molecule has 8 heteroatoms. The third kappa shape index (κ3) is 2.17. The highest BCUT2D eigenvalue weighted by molar-refractivity contribution is 6.33. The SMILES string of the molecule is COc1cnccc1-c1nnc2c(Cl)cc(C(=O)O)cn12. The minimum Gasteiger partial charge on any atom is -0.494 e. The average molecular weight is 305 g/mol. The molecule has 1 N–H and O–H groups in total. The van der Waals surface area contributed by atoms with Gasteiger partial charge in [-0.3, -0.25) is 9.38 Å². The number of nitrogens with zero attached hydrogens (tertiary/aromatic N) is 4. The number of carboxylic acid groups (broad SMARTS) is 1. The Morgan fingerprint density at radius 2 is 2.24 bits per heavy atom. The van der Waals surface area contributed by atoms with Gasteiger partial charge in [-0.25, -0.2) is 4.79 Å². The van der Waals surface area contributed by atoms with Gasteiger partial charge in [-0.15, -0.1) is 10.2 Å². The highest BCUT2D eigenvalue weighted by atomic mass is 35.5. The molecule has 0 aliphatic carbocycles. The van der Waals surface area contributed by atoms with E-state index in [0.717, 1.165) is 0 Å². The first kappa shape index (κ1) is 13.3. The van der Waals surface area contributed by atoms with E-state index in [1.54, 1.807) is 18.5 Å². The molecule has 0 unspecified atom stereocenters. The monoisotopic (exact) mass is 304 g/mol. The Bertz CT molecular complexity index is 847. The molecule has 0 aliphatic heterocycles. The third-order valence-corrected chi connectivity index (χ3v) is 3.23. The molecule has 21 heavy (non-hydrogen) atoms. The summed E-state index contributed by atoms with van der Waals surface area (Å²) in [6.45, 7) is 0. The molecule has 0 saturated carbocycles. The number of pyridine rings is 2. The van der Waals surface area contributed by atoms with Gasteiger partial charge in [0.15, 0.2) is 11.5 Å². The molecule has 0 bridgehead atoms. The van der Waals surface area contributed by atoms with Gasteiger partial charge in [0.1, 0.15) is 5.75 Å². The van der Waals surface area contributed by atoms with E-state index >= 15 is 0 Å². The van der Waals surface area contributed by atoms with E-state index < -0.39 is 5.97 Å². The molecule has 0 fully saturated rings. The topological polar surface area (TPSA) is 89.6 Å². The number of carbonyl (C=O) groups is 1. The summed E-state index contributed by atoms with van der Waals surface area (Å²) in [5.74, 6) is -0.155. The molecule has 106 valence electrons. The minimum absolute atomic E-state index is 0.0431. The van der Waals surface area contributed by atoms with E-state index in [1.807, 2.05) is 0 Å². The van der Waals surface area contributed by atoms with Gasteiger partial charge in [0.05, 0.1) is 29.5 Å². The molecule has 7 nitrogen and oxygen atoms in total. The Labute approximate surface area is 123 Å². The zero-order valence-corrected chi connectivity index (χ0v) is 11.6. The van der Waals surface area contributed by atoms with Crippen molar-refractivity contribution in [2.75, 3.05) is 7.11 Å². The Hall–Kier alpha value is -2.67. The molecule has 3 aromatic rings. The van der Waals surface area contributed by atoms with Crippen LogP contribution in [-0.4, -0.2) is 37.8 Å². The van der Waals surface area contributed by atoms with Crippen LogP contribution < -0.4 is 4.74 Å². The van der Waals surface area contributed by atoms with E-state index in [-0.39, 0.29) is 10.6 Å². The quantitative estimate of drug-likeness (QED) is 0.797. The Balaban J connectivity index is 2.31. The summed E-state index contributed by atoms with van der Waals surface area (Å²) in [6, 6.07) is 3.04. The number of fused-ring (bicyclic) bond motifs is 1. The molecule has 0 aromatic carbocycles. The number of aromatic carboxylic acids is 1. The molecule has 0 aliphatic rings. The van der Waals surface area contributed by atoms with Gasteiger partial charge in [-0.1, -0.05) is 11.6 Å². The third-order valence-electron chi connectivity index (χ3n) is 2.95. The van der Waals surface area contributed by atoms with E-state index in [4.69, 9.17) is 21.4 Å². The average Bonchev–Trinajstić information content (AvgIpc) is 2.91. The fourth-order valence-electron chi connectivity index (χ4n) is 1.98. The van der Waals surface area contributed by atoms with Crippen molar-refractivity contribution < 1.29 is 14.6 Å². The number of aromatic nitrogens is 4. The smallest absolute Gasteiger partial charge is 0.337 e. The van der Waals surface area contributed by atoms with Crippen molar-refractivity contribution in [2.45, 2.75) is 0 Å². The van der Waals surface area contributed by atoms with Crippen molar-refractivity contribution >= 4 is 23.2 Å². The second-order valence-corrected chi connectivity index (χ2v) is 4.58. The standard InChI is InChI=1S/C13H9ClN4O3/c1-21-10-5-15-3-2-8(10)11-16-17-12-9(14)4-7(13(19)20)6-18(11)12/h2-6H,1H3,(H,19,20). The van der Waals surface area contributed by atoms with Crippen molar-refractivity contribution in [1.82, 2.24) is 19.6 Å². The molecule has 3 heterocycles. The van der Waals surface area contributed by atoms with Crippen LogP contribution in [0, 0.1) is 0 Å². The number of carboxylic acids is 1. The van der Waals surface area contributed by atoms with Crippen LogP contribution in [0.5, 0.6) is 5.75 Å². The first-order valence-corrected chi connectivity index (χ1v) is 6.25. The zero-order chi connectivity index (χ0) is 15.0. The molecule has 3 aromatic heterocycles. The number of hydrogen-bond acceptors (Lipinski definition) is 5. The maximum atomic E-state index is 11.1. The van der Waals surface area contributed by atoms with Crippen LogP contribution in [0.25, 0.3) is 17.0 Å². The van der Waals surface area contributed by atoms with E-state index in [0.29, 0.717) is 22.8 Å². The van der Waals surface area contributed by atoms with E-state index in [2.05, 4.69) is 15.2 Å². The first-order valence-electron chi connectivity index (χ1n) is 5.87. The minimum atomic E-state index is -1.08. The van der Waals surface area contributed by atoms with E-state index in [1.165, 1.54) is 23.8 Å². The molecule has 3 rings (SSSR count). The summed E-state index contributed by atoms with van der Waals surface area (Å²) in [7, 11) is 1.51. The second-order valence-electron chi connectivity index (χ2n) is 4.18. The molecule has 0 spiro atoms. The van der Waals surface area contributed by atoms with Crippen LogP contribution in [-0.2, 0) is 0 Å². The predicted octanol–water partition coefficient (Wildman–Crippen LogP) is 2.15. The molecule has 0 radical (unpaired) electrons. The van der Waals surface area contributed by atoms with Gasteiger partial charge in [-0.2, -0.15) is 0 Å². The fraction of sp³-hybridized carbons (Fsp3) is 0.0769. The van der Waals surface area contributed by atoms with Crippen LogP contribution in [0.2, 0.25) is 5.02 Å². The zero-order valence-electron chi connectivity index (χ0n) is 10.8. The summed E-state index contributed by atoms with van der Waals surface area (Å²) in [4.78, 5) is 15.1. The van der Waals surface area contributed by atoms with Crippen molar-refractivity contribution in [3.05, 3.63) is 41.3 Å². The van der Waals surface area contributed by atoms with Gasteiger partial charge in [0, 0.05) is 12.4 Å². The van der Waals surface area contributed by atoms with Crippen LogP contribution in [0.1, 0.15) is 10.4 Å². The number of hydrogen-bond donors (Lipinski definition) is 1. The maximum absolute atomic E-state index is 11.1. The predicted molar refractivity (Wildman–Crippen MR) is 74.7 cm³/mol. The summed E-state index contributed by atoms with van der Waals surface area (Å²) in [5, 5.41) is 17.4. The maximum Gasteiger partial charge on any atom is 0.337 e. The molecule has 0 amide bonds. The second kappa shape index (κ2) is 5.02. The lowest BCUT2D eigenvalue weighted by Gasteiger charge is -2.06. The largest absolute Gasteiger partial charge is 0.494 e. The highest BCUT2D eigenvalue weighted by Crippen LogP contribution is 2.29. The van der Waals surface area contributed by atoms with Gasteiger partial charge in [0.2, 0.25) is 0 Å². The van der Waals surface area contributed by atoms with Crippen molar-refractivity contribution in [3.8, 4) is 17.1 Å². The highest BCUT2D eigenvalue weighted by Gasteiger charge is 2.17. The van der Waals surface area contributed by atoms with Crippen LogP contribution in [0.3, 0.4) is 0 Å². The van der Waals surface area contributed by atoms with Gasteiger partial charge in [-0.05, 0) is 12.1 Å². The fourth-order valence-corrected chi connectivity index (χ4v) is 2.23. The number of methoxy groups -OCH3 is 1. The van der Waals surface area contributed by atoms with Crippen LogP contribution in [0.4, 0.5) is 0 Å². The first-order chi connectivity index (χ1) is 10.1. The van der Waals surface area contributed by atoms with Gasteiger partial charge in [0.25, 0.3) is 0 Å². The molecule has 0 atom stereocenters. The number of ether oxygens (including phenoxy) is 1. The van der Waals surface area contributed by atoms with Gasteiger partial charge >= 0.3 is 5.97 Å². The summed E-state index contributed by atoms with van der Waals surface area (Å²) in [5.41, 5.74) is 1.05. The summed E-state index contributed by atoms with van der Waals surface area (Å²) < 4.78 is 6.75. The Kier molecular flexibility index (Phi) is 3.19. The summed E-state index contributed by atoms with van der Waals surface area (Å²) in [6.07, 6.45) is 4.54. The van der Waals surface area contributed by atoms with E-state index in [9.17, 15) is 4.79 Å². The van der Waals surface area contributed by atoms with Gasteiger partial charge < -0.3 is 9.84 Å². The lowest BCUT2D eigenvalue weighted by Crippen LogP contribution is -2.01. The van der Waals surface area contributed by atoms with Crippen molar-refractivity contribution in [3.63, 3.8) is 0 Å². The number of halogens is 1. The Morgan fingerprint density at radius 1 is 1.43 bits per heavy atom. The normalized spacial score (nSPS) is 10.8.